The summed E-state index contributed by atoms with van der Waals surface area (Å²) in [5.41, 5.74) is 10.4. The van der Waals surface area contributed by atoms with Crippen molar-refractivity contribution in [1.82, 2.24) is 0 Å². The van der Waals surface area contributed by atoms with E-state index in [4.69, 9.17) is 16.6 Å². The largest absolute Gasteiger partial charge is 0.481 e. The van der Waals surface area contributed by atoms with Crippen LogP contribution in [0.2, 0.25) is 0 Å². The van der Waals surface area contributed by atoms with E-state index in [-0.39, 0.29) is 12.6 Å². The van der Waals surface area contributed by atoms with Crippen molar-refractivity contribution in [3.05, 3.63) is 0 Å². The topological polar surface area (TPSA) is 89.3 Å². The van der Waals surface area contributed by atoms with Crippen LogP contribution >= 0.6 is 0 Å². The van der Waals surface area contributed by atoms with Crippen molar-refractivity contribution in [2.45, 2.75) is 13.0 Å². The normalized spacial score (nSPS) is 16.8. The first-order chi connectivity index (χ1) is 4.09. The van der Waals surface area contributed by atoms with E-state index in [1.165, 1.54) is 0 Å². The third-order valence-electron chi connectivity index (χ3n) is 1.21. The second-order valence-corrected chi connectivity index (χ2v) is 2.04. The highest BCUT2D eigenvalue weighted by Crippen LogP contribution is 1.97. The van der Waals surface area contributed by atoms with Crippen molar-refractivity contribution in [2.75, 3.05) is 6.54 Å². The lowest BCUT2D eigenvalue weighted by Crippen LogP contribution is -2.38. The van der Waals surface area contributed by atoms with Crippen molar-refractivity contribution in [3.8, 4) is 0 Å². The van der Waals surface area contributed by atoms with Gasteiger partial charge in [-0.05, 0) is 6.92 Å². The Morgan fingerprint density at radius 2 is 2.22 bits per heavy atom. The highest BCUT2D eigenvalue weighted by Gasteiger charge is 2.18. The Labute approximate surface area is 53.8 Å². The molecule has 54 valence electrons. The van der Waals surface area contributed by atoms with Gasteiger partial charge in [0.25, 0.3) is 0 Å². The lowest BCUT2D eigenvalue weighted by molar-refractivity contribution is -0.141. The number of rotatable bonds is 3. The molecule has 0 amide bonds. The Morgan fingerprint density at radius 3 is 2.22 bits per heavy atom. The van der Waals surface area contributed by atoms with E-state index < -0.39 is 11.9 Å². The number of nitrogens with two attached hydrogens (primary N) is 2. The molecule has 4 heteroatoms. The van der Waals surface area contributed by atoms with Crippen LogP contribution in [-0.4, -0.2) is 23.7 Å². The van der Waals surface area contributed by atoms with Gasteiger partial charge < -0.3 is 16.6 Å². The van der Waals surface area contributed by atoms with E-state index in [0.29, 0.717) is 0 Å². The SMILES string of the molecule is CC(N)C(CN)C(=O)O. The monoisotopic (exact) mass is 132 g/mol. The van der Waals surface area contributed by atoms with E-state index in [2.05, 4.69) is 0 Å². The summed E-state index contributed by atoms with van der Waals surface area (Å²) in [6.45, 7) is 1.73. The predicted octanol–water partition coefficient (Wildman–Crippen LogP) is -1.01. The molecule has 0 aromatic carbocycles. The summed E-state index contributed by atoms with van der Waals surface area (Å²) < 4.78 is 0. The van der Waals surface area contributed by atoms with Crippen LogP contribution in [0.5, 0.6) is 0 Å². The summed E-state index contributed by atoms with van der Waals surface area (Å²) in [6.07, 6.45) is 0. The standard InChI is InChI=1S/C5H12N2O2/c1-3(7)4(2-6)5(8)9/h3-4H,2,6-7H2,1H3,(H,8,9). The minimum atomic E-state index is -0.924. The van der Waals surface area contributed by atoms with Gasteiger partial charge in [0.05, 0.1) is 5.92 Å². The maximum atomic E-state index is 10.2. The Bertz CT molecular complexity index is 103. The summed E-state index contributed by atoms with van der Waals surface area (Å²) in [7, 11) is 0. The summed E-state index contributed by atoms with van der Waals surface area (Å²) >= 11 is 0. The summed E-state index contributed by atoms with van der Waals surface area (Å²) in [4.78, 5) is 10.2. The zero-order chi connectivity index (χ0) is 7.44. The minimum Gasteiger partial charge on any atom is -0.481 e. The lowest BCUT2D eigenvalue weighted by Gasteiger charge is -2.12. The Kier molecular flexibility index (Phi) is 3.19. The molecule has 0 aromatic heterocycles. The number of carbonyl (C=O) groups is 1. The molecule has 2 unspecified atom stereocenters. The van der Waals surface area contributed by atoms with Gasteiger partial charge in [-0.2, -0.15) is 0 Å². The van der Waals surface area contributed by atoms with Crippen LogP contribution in [0, 0.1) is 5.92 Å². The molecule has 0 radical (unpaired) electrons. The number of aliphatic carboxylic acids is 1. The fourth-order valence-corrected chi connectivity index (χ4v) is 0.540. The van der Waals surface area contributed by atoms with Crippen molar-refractivity contribution in [1.29, 1.82) is 0 Å². The van der Waals surface area contributed by atoms with Crippen LogP contribution in [0.3, 0.4) is 0 Å². The van der Waals surface area contributed by atoms with Gasteiger partial charge in [0, 0.05) is 12.6 Å². The Balaban J connectivity index is 3.83. The van der Waals surface area contributed by atoms with Crippen molar-refractivity contribution in [3.63, 3.8) is 0 Å². The van der Waals surface area contributed by atoms with Crippen LogP contribution in [0.25, 0.3) is 0 Å². The molecule has 0 spiro atoms. The molecule has 0 bridgehead atoms. The molecule has 0 saturated carbocycles. The number of carboxylic acid groups (broad SMARTS) is 1. The summed E-state index contributed by atoms with van der Waals surface area (Å²) in [6, 6.07) is -0.368. The average Bonchev–Trinajstić information content (AvgIpc) is 1.64. The van der Waals surface area contributed by atoms with E-state index >= 15 is 0 Å². The number of hydrogen-bond donors (Lipinski definition) is 3. The zero-order valence-electron chi connectivity index (χ0n) is 5.37. The maximum absolute atomic E-state index is 10.2. The molecular weight excluding hydrogens is 120 g/mol. The van der Waals surface area contributed by atoms with Gasteiger partial charge in [0.1, 0.15) is 0 Å². The average molecular weight is 132 g/mol. The third kappa shape index (κ3) is 2.43. The molecule has 0 fully saturated rings. The highest BCUT2D eigenvalue weighted by molar-refractivity contribution is 5.71. The zero-order valence-corrected chi connectivity index (χ0v) is 5.37. The molecule has 9 heavy (non-hydrogen) atoms. The molecule has 0 aromatic rings. The second kappa shape index (κ2) is 3.42. The number of hydrogen-bond acceptors (Lipinski definition) is 3. The lowest BCUT2D eigenvalue weighted by atomic mass is 10.0. The minimum absolute atomic E-state index is 0.104. The van der Waals surface area contributed by atoms with Gasteiger partial charge in [0.15, 0.2) is 0 Å². The van der Waals surface area contributed by atoms with Crippen LogP contribution in [-0.2, 0) is 4.79 Å². The van der Waals surface area contributed by atoms with E-state index in [1.807, 2.05) is 0 Å². The molecule has 0 heterocycles. The molecule has 0 aliphatic carbocycles. The number of carboxylic acids is 1. The maximum Gasteiger partial charge on any atom is 0.309 e. The third-order valence-corrected chi connectivity index (χ3v) is 1.21. The van der Waals surface area contributed by atoms with Crippen LogP contribution in [0.4, 0.5) is 0 Å². The molecule has 4 nitrogen and oxygen atoms in total. The van der Waals surface area contributed by atoms with Gasteiger partial charge in [-0.3, -0.25) is 4.79 Å². The van der Waals surface area contributed by atoms with Gasteiger partial charge in [-0.15, -0.1) is 0 Å². The van der Waals surface area contributed by atoms with Gasteiger partial charge in [-0.25, -0.2) is 0 Å². The molecule has 0 rings (SSSR count). The smallest absolute Gasteiger partial charge is 0.309 e. The molecular formula is C5H12N2O2. The summed E-state index contributed by atoms with van der Waals surface area (Å²) in [5, 5.41) is 8.38. The van der Waals surface area contributed by atoms with Gasteiger partial charge in [-0.1, -0.05) is 0 Å². The first-order valence-electron chi connectivity index (χ1n) is 2.78. The van der Waals surface area contributed by atoms with E-state index in [9.17, 15) is 4.79 Å². The molecule has 0 aliphatic heterocycles. The van der Waals surface area contributed by atoms with Gasteiger partial charge in [0.2, 0.25) is 0 Å². The predicted molar refractivity (Wildman–Crippen MR) is 33.8 cm³/mol. The first kappa shape index (κ1) is 8.39. The second-order valence-electron chi connectivity index (χ2n) is 2.04. The quantitative estimate of drug-likeness (QED) is 0.459. The van der Waals surface area contributed by atoms with Crippen LogP contribution in [0.1, 0.15) is 6.92 Å². The highest BCUT2D eigenvalue weighted by atomic mass is 16.4. The van der Waals surface area contributed by atoms with Crippen LogP contribution in [0.15, 0.2) is 0 Å². The first-order valence-corrected chi connectivity index (χ1v) is 2.78. The van der Waals surface area contributed by atoms with Gasteiger partial charge >= 0.3 is 5.97 Å². The Morgan fingerprint density at radius 1 is 1.78 bits per heavy atom. The summed E-state index contributed by atoms with van der Waals surface area (Å²) in [5.74, 6) is -1.53. The fourth-order valence-electron chi connectivity index (χ4n) is 0.540. The molecule has 0 saturated heterocycles. The van der Waals surface area contributed by atoms with Crippen molar-refractivity contribution < 1.29 is 9.90 Å². The molecule has 2 atom stereocenters. The van der Waals surface area contributed by atoms with Crippen LogP contribution < -0.4 is 11.5 Å². The van der Waals surface area contributed by atoms with Crippen molar-refractivity contribution >= 4 is 5.97 Å². The van der Waals surface area contributed by atoms with E-state index in [0.717, 1.165) is 0 Å². The van der Waals surface area contributed by atoms with Crippen molar-refractivity contribution in [2.24, 2.45) is 17.4 Å². The molecule has 0 aliphatic rings. The molecule has 5 N–H and O–H groups in total. The Hall–Kier alpha value is -0.610. The van der Waals surface area contributed by atoms with E-state index in [1.54, 1.807) is 6.92 Å². The fraction of sp³-hybridized carbons (Fsp3) is 0.800.